The monoisotopic (exact) mass is 395 g/mol. The molecule has 5 nitrogen and oxygen atoms in total. The lowest BCUT2D eigenvalue weighted by Gasteiger charge is -2.16. The van der Waals surface area contributed by atoms with Crippen molar-refractivity contribution in [3.63, 3.8) is 0 Å². The fourth-order valence-corrected chi connectivity index (χ4v) is 3.10. The molecule has 0 bridgehead atoms. The van der Waals surface area contributed by atoms with Gasteiger partial charge in [-0.3, -0.25) is 14.6 Å². The van der Waals surface area contributed by atoms with E-state index in [-0.39, 0.29) is 22.5 Å². The van der Waals surface area contributed by atoms with Crippen molar-refractivity contribution in [3.05, 3.63) is 59.3 Å². The van der Waals surface area contributed by atoms with Crippen molar-refractivity contribution >= 4 is 41.5 Å². The van der Waals surface area contributed by atoms with E-state index in [9.17, 15) is 9.18 Å². The Bertz CT molecular complexity index is 1100. The molecule has 0 aliphatic heterocycles. The second kappa shape index (κ2) is 7.79. The number of hydroxylamine groups is 1. The van der Waals surface area contributed by atoms with E-state index < -0.39 is 17.5 Å². The highest BCUT2D eigenvalue weighted by molar-refractivity contribution is 6.32. The standard InChI is InChI=1S/C21H20BF2N3O2/c1-11-6-7-25-19-14(11)9-15(21(28)27-29-10-12-2-3-12)20(18(19)24)26-17-5-4-13(22)8-16(17)23/h4-9,12,26H,2-3,10,22H2,1H3,(H,27,28). The van der Waals surface area contributed by atoms with Gasteiger partial charge in [-0.2, -0.15) is 0 Å². The van der Waals surface area contributed by atoms with Crippen LogP contribution in [0, 0.1) is 24.5 Å². The van der Waals surface area contributed by atoms with E-state index in [4.69, 9.17) is 4.84 Å². The second-order valence-corrected chi connectivity index (χ2v) is 7.43. The summed E-state index contributed by atoms with van der Waals surface area (Å²) in [4.78, 5) is 22.1. The zero-order valence-electron chi connectivity index (χ0n) is 16.2. The molecule has 0 unspecified atom stereocenters. The number of rotatable bonds is 6. The normalized spacial score (nSPS) is 13.5. The summed E-state index contributed by atoms with van der Waals surface area (Å²) in [6, 6.07) is 7.82. The molecule has 1 heterocycles. The summed E-state index contributed by atoms with van der Waals surface area (Å²) in [5.41, 5.74) is 3.92. The molecule has 4 rings (SSSR count). The van der Waals surface area contributed by atoms with Crippen molar-refractivity contribution in [3.8, 4) is 0 Å². The van der Waals surface area contributed by atoms with E-state index in [1.807, 2.05) is 6.92 Å². The van der Waals surface area contributed by atoms with Gasteiger partial charge in [0.2, 0.25) is 0 Å². The Hall–Kier alpha value is -3.00. The number of amides is 1. The molecule has 1 fully saturated rings. The molecule has 8 heteroatoms. The molecule has 0 saturated heterocycles. The number of halogens is 2. The van der Waals surface area contributed by atoms with Crippen LogP contribution < -0.4 is 16.3 Å². The predicted octanol–water partition coefficient (Wildman–Crippen LogP) is 2.89. The number of pyridine rings is 1. The lowest BCUT2D eigenvalue weighted by molar-refractivity contribution is 0.0271. The quantitative estimate of drug-likeness (QED) is 0.498. The average Bonchev–Trinajstić information content (AvgIpc) is 3.50. The first-order valence-electron chi connectivity index (χ1n) is 9.47. The summed E-state index contributed by atoms with van der Waals surface area (Å²) >= 11 is 0. The number of benzene rings is 2. The lowest BCUT2D eigenvalue weighted by Crippen LogP contribution is -2.26. The smallest absolute Gasteiger partial charge is 0.277 e. The highest BCUT2D eigenvalue weighted by Crippen LogP contribution is 2.32. The molecule has 3 aromatic rings. The summed E-state index contributed by atoms with van der Waals surface area (Å²) in [6.45, 7) is 2.22. The van der Waals surface area contributed by atoms with Crippen molar-refractivity contribution in [2.24, 2.45) is 5.92 Å². The van der Waals surface area contributed by atoms with E-state index in [0.717, 1.165) is 23.9 Å². The van der Waals surface area contributed by atoms with Crippen molar-refractivity contribution in [2.45, 2.75) is 19.8 Å². The maximum Gasteiger partial charge on any atom is 0.277 e. The molecule has 2 N–H and O–H groups in total. The van der Waals surface area contributed by atoms with Gasteiger partial charge in [-0.25, -0.2) is 14.3 Å². The lowest BCUT2D eigenvalue weighted by atomic mass is 9.96. The third-order valence-corrected chi connectivity index (χ3v) is 5.00. The number of carbonyl (C=O) groups is 1. The average molecular weight is 395 g/mol. The molecular weight excluding hydrogens is 375 g/mol. The van der Waals surface area contributed by atoms with Crippen LogP contribution in [0.2, 0.25) is 0 Å². The van der Waals surface area contributed by atoms with Gasteiger partial charge in [0.15, 0.2) is 5.82 Å². The molecule has 2 aromatic carbocycles. The minimum Gasteiger partial charge on any atom is -0.350 e. The second-order valence-electron chi connectivity index (χ2n) is 7.43. The molecule has 0 radical (unpaired) electrons. The van der Waals surface area contributed by atoms with Crippen LogP contribution in [0.25, 0.3) is 10.9 Å². The highest BCUT2D eigenvalue weighted by Gasteiger charge is 2.24. The molecule has 29 heavy (non-hydrogen) atoms. The van der Waals surface area contributed by atoms with Crippen molar-refractivity contribution in [1.29, 1.82) is 0 Å². The van der Waals surface area contributed by atoms with Gasteiger partial charge in [0, 0.05) is 11.6 Å². The fourth-order valence-electron chi connectivity index (χ4n) is 3.10. The van der Waals surface area contributed by atoms with Crippen molar-refractivity contribution < 1.29 is 18.4 Å². The zero-order valence-corrected chi connectivity index (χ0v) is 16.2. The van der Waals surface area contributed by atoms with Crippen molar-refractivity contribution in [1.82, 2.24) is 10.5 Å². The number of hydrogen-bond donors (Lipinski definition) is 2. The van der Waals surface area contributed by atoms with E-state index in [0.29, 0.717) is 17.9 Å². The van der Waals surface area contributed by atoms with Crippen LogP contribution >= 0.6 is 0 Å². The zero-order chi connectivity index (χ0) is 20.5. The van der Waals surface area contributed by atoms with Crippen LogP contribution in [0.1, 0.15) is 28.8 Å². The Balaban J connectivity index is 1.76. The van der Waals surface area contributed by atoms with E-state index in [2.05, 4.69) is 15.8 Å². The SMILES string of the molecule is Bc1ccc(Nc2c(C(=O)NOCC3CC3)cc3c(C)ccnc3c2F)c(F)c1. The van der Waals surface area contributed by atoms with E-state index in [1.165, 1.54) is 18.3 Å². The number of hydrogen-bond acceptors (Lipinski definition) is 4. The molecule has 1 aromatic heterocycles. The van der Waals surface area contributed by atoms with Gasteiger partial charge in [-0.1, -0.05) is 11.5 Å². The van der Waals surface area contributed by atoms with Crippen LogP contribution in [-0.4, -0.2) is 25.3 Å². The summed E-state index contributed by atoms with van der Waals surface area (Å²) in [5, 5.41) is 3.24. The Labute approximate surface area is 167 Å². The molecule has 0 atom stereocenters. The number of nitrogens with one attached hydrogen (secondary N) is 2. The maximum atomic E-state index is 15.4. The molecule has 0 spiro atoms. The Morgan fingerprint density at radius 2 is 2.07 bits per heavy atom. The van der Waals surface area contributed by atoms with Gasteiger partial charge in [0.1, 0.15) is 19.2 Å². The van der Waals surface area contributed by atoms with Crippen LogP contribution in [0.15, 0.2) is 36.5 Å². The fraction of sp³-hybridized carbons (Fsp3) is 0.238. The van der Waals surface area contributed by atoms with Gasteiger partial charge in [0.25, 0.3) is 5.91 Å². The maximum absolute atomic E-state index is 15.4. The number of nitrogens with zero attached hydrogens (tertiary/aromatic N) is 1. The molecular formula is C21H20BF2N3O2. The van der Waals surface area contributed by atoms with Gasteiger partial charge < -0.3 is 5.32 Å². The van der Waals surface area contributed by atoms with Gasteiger partial charge in [-0.15, -0.1) is 0 Å². The van der Waals surface area contributed by atoms with Crippen LogP contribution in [-0.2, 0) is 4.84 Å². The number of fused-ring (bicyclic) bond motifs is 1. The summed E-state index contributed by atoms with van der Waals surface area (Å²) in [7, 11) is 1.76. The predicted molar refractivity (Wildman–Crippen MR) is 110 cm³/mol. The molecule has 1 saturated carbocycles. The number of aromatic nitrogens is 1. The Kier molecular flexibility index (Phi) is 5.19. The first-order valence-corrected chi connectivity index (χ1v) is 9.47. The molecule has 1 aliphatic rings. The first-order chi connectivity index (χ1) is 13.9. The van der Waals surface area contributed by atoms with Crippen molar-refractivity contribution in [2.75, 3.05) is 11.9 Å². The number of carbonyl (C=O) groups excluding carboxylic acids is 1. The summed E-state index contributed by atoms with van der Waals surface area (Å²) in [5.74, 6) is -1.42. The molecule has 1 amide bonds. The van der Waals surface area contributed by atoms with E-state index in [1.54, 1.807) is 26.0 Å². The largest absolute Gasteiger partial charge is 0.350 e. The summed E-state index contributed by atoms with van der Waals surface area (Å²) < 4.78 is 29.7. The first kappa shape index (κ1) is 19.3. The third-order valence-electron chi connectivity index (χ3n) is 5.00. The third kappa shape index (κ3) is 4.07. The highest BCUT2D eigenvalue weighted by atomic mass is 19.1. The minimum absolute atomic E-state index is 0.0156. The number of aryl methyl sites for hydroxylation is 1. The number of anilines is 2. The van der Waals surface area contributed by atoms with Gasteiger partial charge in [0.05, 0.1) is 23.5 Å². The van der Waals surface area contributed by atoms with Crippen LogP contribution in [0.4, 0.5) is 20.2 Å². The van der Waals surface area contributed by atoms with Gasteiger partial charge in [-0.05, 0) is 55.5 Å². The van der Waals surface area contributed by atoms with E-state index >= 15 is 4.39 Å². The molecule has 148 valence electrons. The van der Waals surface area contributed by atoms with Crippen LogP contribution in [0.3, 0.4) is 0 Å². The topological polar surface area (TPSA) is 63.2 Å². The van der Waals surface area contributed by atoms with Crippen LogP contribution in [0.5, 0.6) is 0 Å². The molecule has 1 aliphatic carbocycles. The Morgan fingerprint density at radius 3 is 2.79 bits per heavy atom. The Morgan fingerprint density at radius 1 is 1.28 bits per heavy atom. The summed E-state index contributed by atoms with van der Waals surface area (Å²) in [6.07, 6.45) is 3.64. The minimum atomic E-state index is -0.724. The van der Waals surface area contributed by atoms with Gasteiger partial charge >= 0.3 is 0 Å².